The Balaban J connectivity index is 2.34. The summed E-state index contributed by atoms with van der Waals surface area (Å²) in [5, 5.41) is -0.161. The number of halogens is 2. The standard InChI is InChI=1S/C16H16BrClO/c1-3-19-12-8-9-14(15(17)10-12)16(18)13-7-5-4-6-11(13)2/h4-10,16H,3H2,1-2H3. The Labute approximate surface area is 127 Å². The quantitative estimate of drug-likeness (QED) is 0.670. The zero-order valence-corrected chi connectivity index (χ0v) is 13.3. The van der Waals surface area contributed by atoms with E-state index in [-0.39, 0.29) is 5.38 Å². The summed E-state index contributed by atoms with van der Waals surface area (Å²) in [6.45, 7) is 4.71. The molecule has 1 unspecified atom stereocenters. The Hall–Kier alpha value is -0.990. The molecule has 0 N–H and O–H groups in total. The van der Waals surface area contributed by atoms with E-state index in [1.54, 1.807) is 0 Å². The van der Waals surface area contributed by atoms with E-state index in [2.05, 4.69) is 35.0 Å². The molecule has 0 saturated carbocycles. The molecule has 0 radical (unpaired) electrons. The molecule has 0 heterocycles. The summed E-state index contributed by atoms with van der Waals surface area (Å²) in [4.78, 5) is 0. The van der Waals surface area contributed by atoms with E-state index in [9.17, 15) is 0 Å². The van der Waals surface area contributed by atoms with Crippen molar-refractivity contribution in [2.45, 2.75) is 19.2 Å². The Morgan fingerprint density at radius 2 is 1.89 bits per heavy atom. The lowest BCUT2D eigenvalue weighted by Gasteiger charge is -2.15. The zero-order valence-electron chi connectivity index (χ0n) is 11.0. The molecule has 0 aromatic heterocycles. The average Bonchev–Trinajstić information content (AvgIpc) is 2.39. The smallest absolute Gasteiger partial charge is 0.120 e. The summed E-state index contributed by atoms with van der Waals surface area (Å²) in [5.41, 5.74) is 3.39. The lowest BCUT2D eigenvalue weighted by Crippen LogP contribution is -1.98. The van der Waals surface area contributed by atoms with Crippen LogP contribution in [0.5, 0.6) is 5.75 Å². The van der Waals surface area contributed by atoms with E-state index >= 15 is 0 Å². The number of benzene rings is 2. The van der Waals surface area contributed by atoms with E-state index in [1.807, 2.05) is 37.3 Å². The largest absolute Gasteiger partial charge is 0.494 e. The molecule has 2 rings (SSSR count). The van der Waals surface area contributed by atoms with Crippen LogP contribution in [0.2, 0.25) is 0 Å². The minimum atomic E-state index is -0.161. The summed E-state index contributed by atoms with van der Waals surface area (Å²) in [6, 6.07) is 14.1. The first-order valence-electron chi connectivity index (χ1n) is 6.25. The number of alkyl halides is 1. The van der Waals surface area contributed by atoms with E-state index in [0.29, 0.717) is 6.61 Å². The van der Waals surface area contributed by atoms with Crippen LogP contribution in [0.1, 0.15) is 29.0 Å². The molecule has 2 aromatic carbocycles. The Kier molecular flexibility index (Phi) is 4.89. The lowest BCUT2D eigenvalue weighted by molar-refractivity contribution is 0.340. The van der Waals surface area contributed by atoms with Crippen LogP contribution in [-0.2, 0) is 0 Å². The fourth-order valence-corrected chi connectivity index (χ4v) is 3.16. The molecule has 1 nitrogen and oxygen atoms in total. The maximum atomic E-state index is 6.60. The molecule has 0 aliphatic rings. The van der Waals surface area contributed by atoms with Crippen LogP contribution < -0.4 is 4.74 Å². The van der Waals surface area contributed by atoms with E-state index in [1.165, 1.54) is 5.56 Å². The van der Waals surface area contributed by atoms with Crippen LogP contribution in [0, 0.1) is 6.92 Å². The van der Waals surface area contributed by atoms with Gasteiger partial charge >= 0.3 is 0 Å². The topological polar surface area (TPSA) is 9.23 Å². The van der Waals surface area contributed by atoms with Crippen molar-refractivity contribution in [1.82, 2.24) is 0 Å². The third kappa shape index (κ3) is 3.31. The third-order valence-electron chi connectivity index (χ3n) is 3.02. The Morgan fingerprint density at radius 3 is 2.53 bits per heavy atom. The zero-order chi connectivity index (χ0) is 13.8. The van der Waals surface area contributed by atoms with Gasteiger partial charge in [-0.3, -0.25) is 0 Å². The summed E-state index contributed by atoms with van der Waals surface area (Å²) in [5.74, 6) is 0.853. The minimum Gasteiger partial charge on any atom is -0.494 e. The highest BCUT2D eigenvalue weighted by Gasteiger charge is 2.16. The second-order valence-electron chi connectivity index (χ2n) is 4.34. The van der Waals surface area contributed by atoms with Crippen molar-refractivity contribution in [3.05, 3.63) is 63.6 Å². The number of hydrogen-bond acceptors (Lipinski definition) is 1. The molecule has 0 amide bonds. The first-order valence-corrected chi connectivity index (χ1v) is 7.48. The van der Waals surface area contributed by atoms with Crippen molar-refractivity contribution < 1.29 is 4.74 Å². The molecule has 0 spiro atoms. The minimum absolute atomic E-state index is 0.161. The molecule has 3 heteroatoms. The van der Waals surface area contributed by atoms with Crippen molar-refractivity contribution in [3.63, 3.8) is 0 Å². The van der Waals surface area contributed by atoms with Crippen LogP contribution in [0.3, 0.4) is 0 Å². The highest BCUT2D eigenvalue weighted by Crippen LogP contribution is 2.36. The second kappa shape index (κ2) is 6.44. The number of hydrogen-bond donors (Lipinski definition) is 0. The number of ether oxygens (including phenoxy) is 1. The fraction of sp³-hybridized carbons (Fsp3) is 0.250. The van der Waals surface area contributed by atoms with Gasteiger partial charge in [-0.2, -0.15) is 0 Å². The van der Waals surface area contributed by atoms with Crippen LogP contribution in [0.15, 0.2) is 46.9 Å². The summed E-state index contributed by atoms with van der Waals surface area (Å²) in [7, 11) is 0. The van der Waals surface area contributed by atoms with Crippen molar-refractivity contribution in [2.24, 2.45) is 0 Å². The molecular weight excluding hydrogens is 324 g/mol. The molecule has 0 fully saturated rings. The number of rotatable bonds is 4. The van der Waals surface area contributed by atoms with Gasteiger partial charge in [0.1, 0.15) is 5.75 Å². The van der Waals surface area contributed by atoms with Gasteiger partial charge in [0.25, 0.3) is 0 Å². The average molecular weight is 340 g/mol. The predicted octanol–water partition coefficient (Wildman–Crippen LogP) is 5.48. The van der Waals surface area contributed by atoms with Crippen molar-refractivity contribution in [2.75, 3.05) is 6.61 Å². The first kappa shape index (κ1) is 14.4. The summed E-state index contributed by atoms with van der Waals surface area (Å²) >= 11 is 10.2. The van der Waals surface area contributed by atoms with Gasteiger partial charge in [0.15, 0.2) is 0 Å². The Morgan fingerprint density at radius 1 is 1.16 bits per heavy atom. The molecule has 0 aliphatic heterocycles. The summed E-state index contributed by atoms with van der Waals surface area (Å²) in [6.07, 6.45) is 0. The molecule has 0 bridgehead atoms. The first-order chi connectivity index (χ1) is 9.13. The van der Waals surface area contributed by atoms with Crippen LogP contribution >= 0.6 is 27.5 Å². The number of aryl methyl sites for hydroxylation is 1. The SMILES string of the molecule is CCOc1ccc(C(Cl)c2ccccc2C)c(Br)c1. The Bertz CT molecular complexity index is 568. The molecule has 2 aromatic rings. The van der Waals surface area contributed by atoms with E-state index in [0.717, 1.165) is 21.3 Å². The van der Waals surface area contributed by atoms with Gasteiger partial charge in [-0.25, -0.2) is 0 Å². The molecule has 0 aliphatic carbocycles. The molecule has 0 saturated heterocycles. The third-order valence-corrected chi connectivity index (χ3v) is 4.17. The lowest BCUT2D eigenvalue weighted by atomic mass is 10.00. The predicted molar refractivity (Wildman–Crippen MR) is 84.2 cm³/mol. The van der Waals surface area contributed by atoms with E-state index < -0.39 is 0 Å². The normalized spacial score (nSPS) is 12.2. The van der Waals surface area contributed by atoms with Crippen molar-refractivity contribution in [3.8, 4) is 5.75 Å². The van der Waals surface area contributed by atoms with Crippen LogP contribution in [0.4, 0.5) is 0 Å². The van der Waals surface area contributed by atoms with Crippen molar-refractivity contribution in [1.29, 1.82) is 0 Å². The highest BCUT2D eigenvalue weighted by molar-refractivity contribution is 9.10. The van der Waals surface area contributed by atoms with Gasteiger partial charge in [-0.1, -0.05) is 46.3 Å². The molecule has 100 valence electrons. The van der Waals surface area contributed by atoms with Gasteiger partial charge in [-0.05, 0) is 42.7 Å². The van der Waals surface area contributed by atoms with Gasteiger partial charge in [-0.15, -0.1) is 11.6 Å². The van der Waals surface area contributed by atoms with Crippen LogP contribution in [0.25, 0.3) is 0 Å². The molecule has 1 atom stereocenters. The second-order valence-corrected chi connectivity index (χ2v) is 5.63. The van der Waals surface area contributed by atoms with Crippen LogP contribution in [-0.4, -0.2) is 6.61 Å². The maximum absolute atomic E-state index is 6.60. The monoisotopic (exact) mass is 338 g/mol. The van der Waals surface area contributed by atoms with Gasteiger partial charge in [0, 0.05) is 4.47 Å². The summed E-state index contributed by atoms with van der Waals surface area (Å²) < 4.78 is 6.45. The van der Waals surface area contributed by atoms with Gasteiger partial charge < -0.3 is 4.74 Å². The fourth-order valence-electron chi connectivity index (χ4n) is 2.01. The molecular formula is C16H16BrClO. The van der Waals surface area contributed by atoms with Gasteiger partial charge in [0.05, 0.1) is 12.0 Å². The van der Waals surface area contributed by atoms with E-state index in [4.69, 9.17) is 16.3 Å². The van der Waals surface area contributed by atoms with Crippen molar-refractivity contribution >= 4 is 27.5 Å². The van der Waals surface area contributed by atoms with Gasteiger partial charge in [0.2, 0.25) is 0 Å². The molecule has 19 heavy (non-hydrogen) atoms. The highest BCUT2D eigenvalue weighted by atomic mass is 79.9. The maximum Gasteiger partial charge on any atom is 0.120 e.